The third-order valence-electron chi connectivity index (χ3n) is 4.30. The molecule has 0 radical (unpaired) electrons. The van der Waals surface area contributed by atoms with Crippen molar-refractivity contribution < 1.29 is 9.18 Å². The predicted octanol–water partition coefficient (Wildman–Crippen LogP) is 2.76. The summed E-state index contributed by atoms with van der Waals surface area (Å²) in [4.78, 5) is 31.9. The molecule has 142 valence electrons. The van der Waals surface area contributed by atoms with Crippen LogP contribution >= 0.6 is 11.3 Å². The Morgan fingerprint density at radius 2 is 1.93 bits per heavy atom. The Bertz CT molecular complexity index is 993. The average Bonchev–Trinajstić information content (AvgIpc) is 3.14. The van der Waals surface area contributed by atoms with Gasteiger partial charge in [-0.05, 0) is 43.0 Å². The Balaban J connectivity index is 1.84. The van der Waals surface area contributed by atoms with Gasteiger partial charge in [0.15, 0.2) is 0 Å². The van der Waals surface area contributed by atoms with E-state index < -0.39 is 0 Å². The molecular weight excluding hydrogens is 367 g/mol. The first-order valence-corrected chi connectivity index (χ1v) is 9.65. The first kappa shape index (κ1) is 19.0. The third kappa shape index (κ3) is 4.16. The molecule has 2 heterocycles. The monoisotopic (exact) mass is 388 g/mol. The van der Waals surface area contributed by atoms with Crippen LogP contribution in [-0.4, -0.2) is 28.5 Å². The van der Waals surface area contributed by atoms with E-state index in [-0.39, 0.29) is 30.4 Å². The number of fused-ring (bicyclic) bond motifs is 1. The van der Waals surface area contributed by atoms with E-state index in [0.29, 0.717) is 29.3 Å². The molecular formula is C19H21FN4O2S. The highest BCUT2D eigenvalue weighted by atomic mass is 32.1. The van der Waals surface area contributed by atoms with Gasteiger partial charge >= 0.3 is 0 Å². The minimum absolute atomic E-state index is 0.118. The van der Waals surface area contributed by atoms with Crippen LogP contribution < -0.4 is 15.8 Å². The topological polar surface area (TPSA) is 67.2 Å². The lowest BCUT2D eigenvalue weighted by atomic mass is 10.2. The van der Waals surface area contributed by atoms with Crippen LogP contribution in [0, 0.1) is 5.82 Å². The van der Waals surface area contributed by atoms with Crippen molar-refractivity contribution in [2.24, 2.45) is 0 Å². The minimum atomic E-state index is -0.323. The minimum Gasteiger partial charge on any atom is -0.350 e. The number of anilines is 1. The van der Waals surface area contributed by atoms with Crippen molar-refractivity contribution >= 4 is 33.4 Å². The molecule has 0 aliphatic heterocycles. The molecule has 0 aliphatic carbocycles. The van der Waals surface area contributed by atoms with Crippen molar-refractivity contribution in [2.45, 2.75) is 26.9 Å². The summed E-state index contributed by atoms with van der Waals surface area (Å²) in [6.07, 6.45) is 0. The summed E-state index contributed by atoms with van der Waals surface area (Å²) < 4.78 is 14.9. The Hall–Kier alpha value is -2.74. The van der Waals surface area contributed by atoms with Crippen molar-refractivity contribution in [2.75, 3.05) is 18.0 Å². The maximum absolute atomic E-state index is 13.0. The lowest BCUT2D eigenvalue weighted by Gasteiger charge is -2.23. The smallest absolute Gasteiger partial charge is 0.273 e. The first-order valence-electron chi connectivity index (χ1n) is 8.77. The highest BCUT2D eigenvalue weighted by molar-refractivity contribution is 7.17. The SMILES string of the molecule is CCN(CC)c1nc2ccsc2c(=O)n1CC(=O)NCc1ccc(F)cc1. The van der Waals surface area contributed by atoms with E-state index in [1.165, 1.54) is 28.0 Å². The van der Waals surface area contributed by atoms with E-state index in [1.807, 2.05) is 30.2 Å². The highest BCUT2D eigenvalue weighted by Gasteiger charge is 2.18. The van der Waals surface area contributed by atoms with Crippen LogP contribution in [0.15, 0.2) is 40.5 Å². The van der Waals surface area contributed by atoms with Crippen molar-refractivity contribution in [3.8, 4) is 0 Å². The van der Waals surface area contributed by atoms with Gasteiger partial charge in [-0.2, -0.15) is 0 Å². The van der Waals surface area contributed by atoms with Crippen molar-refractivity contribution in [1.82, 2.24) is 14.9 Å². The van der Waals surface area contributed by atoms with Gasteiger partial charge in [0.05, 0.1) is 5.52 Å². The summed E-state index contributed by atoms with van der Waals surface area (Å²) in [5, 5.41) is 4.60. The van der Waals surface area contributed by atoms with E-state index in [9.17, 15) is 14.0 Å². The van der Waals surface area contributed by atoms with E-state index in [1.54, 1.807) is 12.1 Å². The van der Waals surface area contributed by atoms with Crippen LogP contribution in [0.3, 0.4) is 0 Å². The summed E-state index contributed by atoms with van der Waals surface area (Å²) in [5.41, 5.74) is 1.22. The lowest BCUT2D eigenvalue weighted by molar-refractivity contribution is -0.121. The number of carbonyl (C=O) groups excluding carboxylic acids is 1. The number of amides is 1. The zero-order valence-corrected chi connectivity index (χ0v) is 16.1. The number of thiophene rings is 1. The number of nitrogens with one attached hydrogen (secondary N) is 1. The van der Waals surface area contributed by atoms with Crippen LogP contribution in [0.1, 0.15) is 19.4 Å². The van der Waals surface area contributed by atoms with Gasteiger partial charge in [0, 0.05) is 19.6 Å². The van der Waals surface area contributed by atoms with E-state index in [4.69, 9.17) is 0 Å². The Morgan fingerprint density at radius 1 is 1.22 bits per heavy atom. The molecule has 27 heavy (non-hydrogen) atoms. The van der Waals surface area contributed by atoms with Crippen molar-refractivity contribution in [1.29, 1.82) is 0 Å². The number of aromatic nitrogens is 2. The maximum atomic E-state index is 13.0. The summed E-state index contributed by atoms with van der Waals surface area (Å²) in [5.74, 6) is -0.129. The average molecular weight is 388 g/mol. The number of hydrogen-bond acceptors (Lipinski definition) is 5. The molecule has 0 saturated heterocycles. The molecule has 8 heteroatoms. The van der Waals surface area contributed by atoms with Crippen molar-refractivity contribution in [3.05, 3.63) is 57.4 Å². The second-order valence-electron chi connectivity index (χ2n) is 6.01. The number of nitrogens with zero attached hydrogens (tertiary/aromatic N) is 3. The second-order valence-corrected chi connectivity index (χ2v) is 6.93. The number of carbonyl (C=O) groups is 1. The molecule has 0 spiro atoms. The summed E-state index contributed by atoms with van der Waals surface area (Å²) >= 11 is 1.32. The number of rotatable bonds is 7. The lowest BCUT2D eigenvalue weighted by Crippen LogP contribution is -2.37. The molecule has 6 nitrogen and oxygen atoms in total. The second kappa shape index (κ2) is 8.30. The van der Waals surface area contributed by atoms with Gasteiger partial charge in [-0.3, -0.25) is 14.2 Å². The largest absolute Gasteiger partial charge is 0.350 e. The molecule has 1 N–H and O–H groups in total. The van der Waals surface area contributed by atoms with E-state index in [2.05, 4.69) is 10.3 Å². The molecule has 1 aromatic carbocycles. The molecule has 0 unspecified atom stereocenters. The van der Waals surface area contributed by atoms with E-state index >= 15 is 0 Å². The summed E-state index contributed by atoms with van der Waals surface area (Å²) in [7, 11) is 0. The van der Waals surface area contributed by atoms with Crippen LogP contribution in [-0.2, 0) is 17.9 Å². The summed E-state index contributed by atoms with van der Waals surface area (Å²) in [6.45, 7) is 5.46. The third-order valence-corrected chi connectivity index (χ3v) is 5.19. The van der Waals surface area contributed by atoms with Gasteiger partial charge in [0.1, 0.15) is 17.1 Å². The van der Waals surface area contributed by atoms with Gasteiger partial charge < -0.3 is 10.2 Å². The zero-order chi connectivity index (χ0) is 19.4. The predicted molar refractivity (Wildman–Crippen MR) is 106 cm³/mol. The fourth-order valence-electron chi connectivity index (χ4n) is 2.82. The van der Waals surface area contributed by atoms with Crippen molar-refractivity contribution in [3.63, 3.8) is 0 Å². The molecule has 0 aliphatic rings. The Labute approximate surface area is 160 Å². The molecule has 0 bridgehead atoms. The van der Waals surface area contributed by atoms with Gasteiger partial charge in [0.2, 0.25) is 11.9 Å². The van der Waals surface area contributed by atoms with Crippen LogP contribution in [0.2, 0.25) is 0 Å². The number of benzene rings is 1. The number of halogens is 1. The summed E-state index contributed by atoms with van der Waals surface area (Å²) in [6, 6.07) is 7.73. The molecule has 0 saturated carbocycles. The van der Waals surface area contributed by atoms with Gasteiger partial charge in [0.25, 0.3) is 5.56 Å². The molecule has 2 aromatic heterocycles. The quantitative estimate of drug-likeness (QED) is 0.676. The molecule has 3 rings (SSSR count). The number of hydrogen-bond donors (Lipinski definition) is 1. The zero-order valence-electron chi connectivity index (χ0n) is 15.2. The first-order chi connectivity index (χ1) is 13.0. The molecule has 3 aromatic rings. The maximum Gasteiger partial charge on any atom is 0.273 e. The van der Waals surface area contributed by atoms with E-state index in [0.717, 1.165) is 5.56 Å². The van der Waals surface area contributed by atoms with Crippen LogP contribution in [0.5, 0.6) is 0 Å². The Morgan fingerprint density at radius 3 is 2.59 bits per heavy atom. The fraction of sp³-hybridized carbons (Fsp3) is 0.316. The fourth-order valence-corrected chi connectivity index (χ4v) is 3.60. The van der Waals surface area contributed by atoms with Gasteiger partial charge in [-0.1, -0.05) is 12.1 Å². The van der Waals surface area contributed by atoms with Crippen LogP contribution in [0.25, 0.3) is 10.2 Å². The highest BCUT2D eigenvalue weighted by Crippen LogP contribution is 2.19. The Kier molecular flexibility index (Phi) is 5.85. The standard InChI is InChI=1S/C19H21FN4O2S/c1-3-23(4-2)19-22-15-9-10-27-17(15)18(26)24(19)12-16(25)21-11-13-5-7-14(20)8-6-13/h5-10H,3-4,11-12H2,1-2H3,(H,21,25). The van der Waals surface area contributed by atoms with Gasteiger partial charge in [-0.15, -0.1) is 11.3 Å². The molecule has 0 atom stereocenters. The molecule has 0 fully saturated rings. The van der Waals surface area contributed by atoms with Crippen LogP contribution in [0.4, 0.5) is 10.3 Å². The molecule has 1 amide bonds. The normalized spacial score (nSPS) is 10.9. The van der Waals surface area contributed by atoms with Gasteiger partial charge in [-0.25, -0.2) is 9.37 Å².